The van der Waals surface area contributed by atoms with E-state index in [1.54, 1.807) is 24.3 Å². The molecular formula is C19H15ClN4O3. The van der Waals surface area contributed by atoms with Crippen molar-refractivity contribution in [1.29, 1.82) is 0 Å². The number of anilines is 1. The average Bonchev–Trinajstić information content (AvgIpc) is 2.71. The number of aromatic nitrogens is 2. The number of esters is 1. The Bertz CT molecular complexity index is 1010. The summed E-state index contributed by atoms with van der Waals surface area (Å²) in [7, 11) is 1.16. The van der Waals surface area contributed by atoms with E-state index in [2.05, 4.69) is 25.2 Å². The number of halogens is 1. The maximum Gasteiger partial charge on any atom is 0.374 e. The number of hydrogen-bond acceptors (Lipinski definition) is 7. The molecule has 0 radical (unpaired) electrons. The largest absolute Gasteiger partial charge is 0.463 e. The van der Waals surface area contributed by atoms with E-state index in [1.165, 1.54) is 6.33 Å². The molecule has 0 atom stereocenters. The minimum absolute atomic E-state index is 0.232. The first-order chi connectivity index (χ1) is 13.1. The third-order valence-corrected chi connectivity index (χ3v) is 4.01. The highest BCUT2D eigenvalue weighted by Crippen LogP contribution is 2.19. The normalized spacial score (nSPS) is 11.3. The van der Waals surface area contributed by atoms with Crippen molar-refractivity contribution in [3.05, 3.63) is 65.4 Å². The van der Waals surface area contributed by atoms with Crippen molar-refractivity contribution in [1.82, 2.24) is 9.97 Å². The molecule has 0 saturated heterocycles. The highest BCUT2D eigenvalue weighted by molar-refractivity contribution is 6.38. The SMILES string of the molecule is COC(=O)C(=O)CC(=NNc1ncnc2ccccc12)c1ccc(Cl)cc1. The molecule has 0 amide bonds. The monoisotopic (exact) mass is 382 g/mol. The van der Waals surface area contributed by atoms with Gasteiger partial charge < -0.3 is 4.74 Å². The Morgan fingerprint density at radius 1 is 1.11 bits per heavy atom. The van der Waals surface area contributed by atoms with Crippen LogP contribution in [0.2, 0.25) is 5.02 Å². The van der Waals surface area contributed by atoms with Gasteiger partial charge in [0, 0.05) is 10.4 Å². The fourth-order valence-electron chi connectivity index (χ4n) is 2.40. The summed E-state index contributed by atoms with van der Waals surface area (Å²) >= 11 is 5.92. The van der Waals surface area contributed by atoms with Crippen molar-refractivity contribution in [2.24, 2.45) is 5.10 Å². The van der Waals surface area contributed by atoms with E-state index in [1.807, 2.05) is 24.3 Å². The molecule has 1 N–H and O–H groups in total. The summed E-state index contributed by atoms with van der Waals surface area (Å²) in [4.78, 5) is 31.9. The highest BCUT2D eigenvalue weighted by atomic mass is 35.5. The number of hydrazone groups is 1. The zero-order chi connectivity index (χ0) is 19.2. The second kappa shape index (κ2) is 8.37. The first kappa shape index (κ1) is 18.5. The average molecular weight is 383 g/mol. The Morgan fingerprint density at radius 2 is 1.85 bits per heavy atom. The first-order valence-electron chi connectivity index (χ1n) is 7.98. The van der Waals surface area contributed by atoms with E-state index in [0.717, 1.165) is 18.0 Å². The molecule has 0 bridgehead atoms. The van der Waals surface area contributed by atoms with Crippen molar-refractivity contribution in [2.75, 3.05) is 12.5 Å². The second-order valence-electron chi connectivity index (χ2n) is 5.51. The number of hydrogen-bond donors (Lipinski definition) is 1. The second-order valence-corrected chi connectivity index (χ2v) is 5.94. The quantitative estimate of drug-likeness (QED) is 0.304. The van der Waals surface area contributed by atoms with Crippen molar-refractivity contribution in [3.63, 3.8) is 0 Å². The number of nitrogens with zero attached hydrogens (tertiary/aromatic N) is 3. The topological polar surface area (TPSA) is 93.5 Å². The van der Waals surface area contributed by atoms with E-state index in [-0.39, 0.29) is 6.42 Å². The van der Waals surface area contributed by atoms with Gasteiger partial charge >= 0.3 is 5.97 Å². The van der Waals surface area contributed by atoms with E-state index >= 15 is 0 Å². The lowest BCUT2D eigenvalue weighted by Crippen LogP contribution is -2.20. The molecule has 3 aromatic rings. The Hall–Kier alpha value is -3.32. The van der Waals surface area contributed by atoms with E-state index < -0.39 is 11.8 Å². The molecule has 7 nitrogen and oxygen atoms in total. The van der Waals surface area contributed by atoms with Crippen LogP contribution in [0, 0.1) is 0 Å². The molecule has 0 aliphatic heterocycles. The lowest BCUT2D eigenvalue weighted by molar-refractivity contribution is -0.151. The predicted molar refractivity (Wildman–Crippen MR) is 103 cm³/mol. The van der Waals surface area contributed by atoms with Crippen molar-refractivity contribution < 1.29 is 14.3 Å². The minimum atomic E-state index is -0.927. The number of fused-ring (bicyclic) bond motifs is 1. The maximum absolute atomic E-state index is 12.0. The molecule has 1 aromatic heterocycles. The zero-order valence-corrected chi connectivity index (χ0v) is 15.1. The van der Waals surface area contributed by atoms with Gasteiger partial charge in [0.15, 0.2) is 5.82 Å². The van der Waals surface area contributed by atoms with Crippen LogP contribution in [0.25, 0.3) is 10.9 Å². The van der Waals surface area contributed by atoms with Crippen molar-refractivity contribution >= 4 is 45.8 Å². The number of carbonyl (C=O) groups is 2. The lowest BCUT2D eigenvalue weighted by Gasteiger charge is -2.08. The maximum atomic E-state index is 12.0. The standard InChI is InChI=1S/C19H15ClN4O3/c1-27-19(26)17(25)10-16(12-6-8-13(20)9-7-12)23-24-18-14-4-2-3-5-15(14)21-11-22-18/h2-9,11H,10H2,1H3,(H,21,22,24). The summed E-state index contributed by atoms with van der Waals surface area (Å²) in [5.41, 5.74) is 4.61. The molecule has 0 aliphatic carbocycles. The Balaban J connectivity index is 1.94. The van der Waals surface area contributed by atoms with Crippen LogP contribution < -0.4 is 5.43 Å². The summed E-state index contributed by atoms with van der Waals surface area (Å²) in [5.74, 6) is -1.15. The third kappa shape index (κ3) is 4.45. The van der Waals surface area contributed by atoms with Crippen LogP contribution in [0.4, 0.5) is 5.82 Å². The molecule has 2 aromatic carbocycles. The molecule has 0 spiro atoms. The van der Waals surface area contributed by atoms with E-state index in [9.17, 15) is 9.59 Å². The number of methoxy groups -OCH3 is 1. The number of para-hydroxylation sites is 1. The molecule has 0 aliphatic rings. The van der Waals surface area contributed by atoms with Crippen LogP contribution in [0.3, 0.4) is 0 Å². The number of ketones is 1. The number of ether oxygens (including phenoxy) is 1. The molecule has 27 heavy (non-hydrogen) atoms. The molecule has 1 heterocycles. The van der Waals surface area contributed by atoms with Crippen LogP contribution >= 0.6 is 11.6 Å². The number of Topliss-reactive ketones (excluding diaryl/α,β-unsaturated/α-hetero) is 1. The van der Waals surface area contributed by atoms with Crippen molar-refractivity contribution in [2.45, 2.75) is 6.42 Å². The molecule has 0 unspecified atom stereocenters. The summed E-state index contributed by atoms with van der Waals surface area (Å²) in [6, 6.07) is 14.2. The number of rotatable bonds is 6. The van der Waals surface area contributed by atoms with Gasteiger partial charge in [0.1, 0.15) is 6.33 Å². The Morgan fingerprint density at radius 3 is 2.59 bits per heavy atom. The van der Waals surface area contributed by atoms with Gasteiger partial charge in [0.25, 0.3) is 0 Å². The van der Waals surface area contributed by atoms with Crippen LogP contribution in [0.5, 0.6) is 0 Å². The first-order valence-corrected chi connectivity index (χ1v) is 8.35. The predicted octanol–water partition coefficient (Wildman–Crippen LogP) is 3.23. The zero-order valence-electron chi connectivity index (χ0n) is 14.3. The third-order valence-electron chi connectivity index (χ3n) is 3.76. The molecule has 3 rings (SSSR count). The summed E-state index contributed by atoms with van der Waals surface area (Å²) in [6.45, 7) is 0. The van der Waals surface area contributed by atoms with Gasteiger partial charge in [-0.2, -0.15) is 5.10 Å². The Kier molecular flexibility index (Phi) is 5.73. The van der Waals surface area contributed by atoms with E-state index in [4.69, 9.17) is 11.6 Å². The molecule has 136 valence electrons. The molecular weight excluding hydrogens is 368 g/mol. The van der Waals surface area contributed by atoms with Gasteiger partial charge in [0.2, 0.25) is 5.78 Å². The van der Waals surface area contributed by atoms with E-state index in [0.29, 0.717) is 22.1 Å². The van der Waals surface area contributed by atoms with Crippen LogP contribution in [0.15, 0.2) is 60.0 Å². The van der Waals surface area contributed by atoms with Crippen molar-refractivity contribution in [3.8, 4) is 0 Å². The molecule has 8 heteroatoms. The van der Waals surface area contributed by atoms with Crippen LogP contribution in [-0.4, -0.2) is 34.5 Å². The summed E-state index contributed by atoms with van der Waals surface area (Å²) in [6.07, 6.45) is 1.19. The van der Waals surface area contributed by atoms with Gasteiger partial charge in [0.05, 0.1) is 24.8 Å². The fraction of sp³-hybridized carbons (Fsp3) is 0.105. The van der Waals surface area contributed by atoms with Gasteiger partial charge in [-0.1, -0.05) is 35.9 Å². The Labute approximate surface area is 160 Å². The number of benzene rings is 2. The smallest absolute Gasteiger partial charge is 0.374 e. The molecule has 0 saturated carbocycles. The van der Waals surface area contributed by atoms with Crippen LogP contribution in [0.1, 0.15) is 12.0 Å². The lowest BCUT2D eigenvalue weighted by atomic mass is 10.1. The number of nitrogens with one attached hydrogen (secondary N) is 1. The van der Waals surface area contributed by atoms with Gasteiger partial charge in [-0.15, -0.1) is 0 Å². The van der Waals surface area contributed by atoms with Gasteiger partial charge in [-0.3, -0.25) is 10.2 Å². The summed E-state index contributed by atoms with van der Waals surface area (Å²) in [5, 5.41) is 5.63. The van der Waals surface area contributed by atoms with Crippen LogP contribution in [-0.2, 0) is 14.3 Å². The highest BCUT2D eigenvalue weighted by Gasteiger charge is 2.18. The van der Waals surface area contributed by atoms with Gasteiger partial charge in [-0.05, 0) is 29.8 Å². The molecule has 0 fully saturated rings. The minimum Gasteiger partial charge on any atom is -0.463 e. The summed E-state index contributed by atoms with van der Waals surface area (Å²) < 4.78 is 4.48. The van der Waals surface area contributed by atoms with Gasteiger partial charge in [-0.25, -0.2) is 14.8 Å². The number of carbonyl (C=O) groups excluding carboxylic acids is 2. The fourth-order valence-corrected chi connectivity index (χ4v) is 2.53.